The van der Waals surface area contributed by atoms with E-state index in [9.17, 15) is 9.59 Å². The maximum absolute atomic E-state index is 12.9. The van der Waals surface area contributed by atoms with Crippen molar-refractivity contribution >= 4 is 39.9 Å². The van der Waals surface area contributed by atoms with E-state index in [1.54, 1.807) is 12.1 Å². The van der Waals surface area contributed by atoms with Gasteiger partial charge >= 0.3 is 0 Å². The molecule has 1 heterocycles. The highest BCUT2D eigenvalue weighted by Crippen LogP contribution is 2.39. The molecule has 26 heavy (non-hydrogen) atoms. The lowest BCUT2D eigenvalue weighted by Crippen LogP contribution is -2.27. The number of hydrogen-bond acceptors (Lipinski definition) is 4. The number of allylic oxidation sites excluding steroid dienone is 1. The fourth-order valence-electron chi connectivity index (χ4n) is 2.88. The van der Waals surface area contributed by atoms with Gasteiger partial charge in [-0.15, -0.1) is 0 Å². The van der Waals surface area contributed by atoms with Gasteiger partial charge in [0.1, 0.15) is 0 Å². The molecule has 2 amide bonds. The van der Waals surface area contributed by atoms with Crippen molar-refractivity contribution in [2.45, 2.75) is 33.1 Å². The lowest BCUT2D eigenvalue weighted by Gasteiger charge is -2.13. The third-order valence-electron chi connectivity index (χ3n) is 4.47. The summed E-state index contributed by atoms with van der Waals surface area (Å²) >= 11 is 0.988. The molecule has 2 aromatic rings. The highest BCUT2D eigenvalue weighted by molar-refractivity contribution is 8.19. The first-order valence-corrected chi connectivity index (χ1v) is 9.55. The van der Waals surface area contributed by atoms with Crippen LogP contribution in [0.15, 0.2) is 53.4 Å². The number of imide groups is 1. The Kier molecular flexibility index (Phi) is 5.47. The van der Waals surface area contributed by atoms with Gasteiger partial charge in [-0.05, 0) is 72.5 Å². The van der Waals surface area contributed by atoms with E-state index in [1.165, 1.54) is 10.5 Å². The number of hydrogen-bond donors (Lipinski definition) is 1. The zero-order valence-corrected chi connectivity index (χ0v) is 15.8. The van der Waals surface area contributed by atoms with Gasteiger partial charge in [0.25, 0.3) is 11.1 Å². The second-order valence-electron chi connectivity index (χ2n) is 6.35. The molecular formula is C21H22N2O2S. The van der Waals surface area contributed by atoms with E-state index in [2.05, 4.69) is 6.92 Å². The van der Waals surface area contributed by atoms with Gasteiger partial charge in [0.05, 0.1) is 10.6 Å². The van der Waals surface area contributed by atoms with Crippen LogP contribution in [0.25, 0.3) is 5.57 Å². The minimum atomic E-state index is -0.268. The molecule has 134 valence electrons. The Morgan fingerprint density at radius 1 is 1.04 bits per heavy atom. The van der Waals surface area contributed by atoms with Crippen molar-refractivity contribution in [1.29, 1.82) is 0 Å². The lowest BCUT2D eigenvalue weighted by atomic mass is 10.1. The first kappa shape index (κ1) is 18.3. The Morgan fingerprint density at radius 3 is 2.31 bits per heavy atom. The van der Waals surface area contributed by atoms with Crippen LogP contribution in [-0.2, 0) is 11.2 Å². The molecule has 0 saturated carbocycles. The average molecular weight is 366 g/mol. The van der Waals surface area contributed by atoms with E-state index in [0.29, 0.717) is 16.3 Å². The number of amides is 2. The van der Waals surface area contributed by atoms with Crippen molar-refractivity contribution in [3.05, 3.63) is 64.6 Å². The molecule has 1 aliphatic heterocycles. The van der Waals surface area contributed by atoms with Gasteiger partial charge in [-0.25, -0.2) is 4.90 Å². The molecule has 0 aliphatic carbocycles. The number of unbranched alkanes of at least 4 members (excludes halogenated alkanes) is 1. The molecule has 0 spiro atoms. The smallest absolute Gasteiger partial charge is 0.298 e. The summed E-state index contributed by atoms with van der Waals surface area (Å²) < 4.78 is 0. The molecule has 2 N–H and O–H groups in total. The number of rotatable bonds is 5. The number of thioether (sulfide) groups is 1. The fourth-order valence-corrected chi connectivity index (χ4v) is 3.78. The Morgan fingerprint density at radius 2 is 1.69 bits per heavy atom. The summed E-state index contributed by atoms with van der Waals surface area (Å²) in [6, 6.07) is 15.0. The summed E-state index contributed by atoms with van der Waals surface area (Å²) in [6.45, 7) is 4.01. The summed E-state index contributed by atoms with van der Waals surface area (Å²) in [5.74, 6) is -0.268. The van der Waals surface area contributed by atoms with E-state index in [0.717, 1.165) is 42.2 Å². The van der Waals surface area contributed by atoms with Gasteiger partial charge in [-0.1, -0.05) is 37.6 Å². The number of carbonyl (C=O) groups excluding carboxylic acids is 2. The summed E-state index contributed by atoms with van der Waals surface area (Å²) in [4.78, 5) is 27.0. The molecule has 1 aliphatic rings. The zero-order chi connectivity index (χ0) is 18.7. The Hall–Kier alpha value is -2.53. The van der Waals surface area contributed by atoms with Gasteiger partial charge in [0.2, 0.25) is 0 Å². The minimum absolute atomic E-state index is 0.263. The fraction of sp³-hybridized carbons (Fsp3) is 0.238. The van der Waals surface area contributed by atoms with Gasteiger partial charge in [0.15, 0.2) is 0 Å². The molecule has 3 rings (SSSR count). The summed E-state index contributed by atoms with van der Waals surface area (Å²) in [7, 11) is 0. The molecule has 0 radical (unpaired) electrons. The van der Waals surface area contributed by atoms with Crippen LogP contribution in [0.1, 0.15) is 37.8 Å². The predicted octanol–water partition coefficient (Wildman–Crippen LogP) is 5.24. The van der Waals surface area contributed by atoms with Gasteiger partial charge in [-0.2, -0.15) is 0 Å². The number of anilines is 2. The molecule has 0 aromatic heterocycles. The number of carbonyl (C=O) groups is 2. The highest BCUT2D eigenvalue weighted by Gasteiger charge is 2.37. The number of aryl methyl sites for hydroxylation is 1. The van der Waals surface area contributed by atoms with Crippen LogP contribution in [0, 0.1) is 0 Å². The van der Waals surface area contributed by atoms with Crippen LogP contribution in [0.3, 0.4) is 0 Å². The second kappa shape index (κ2) is 7.79. The Balaban J connectivity index is 1.86. The van der Waals surface area contributed by atoms with E-state index in [-0.39, 0.29) is 11.1 Å². The van der Waals surface area contributed by atoms with E-state index in [1.807, 2.05) is 43.3 Å². The molecule has 2 aromatic carbocycles. The van der Waals surface area contributed by atoms with E-state index < -0.39 is 0 Å². The normalized spacial score (nSPS) is 16.3. The predicted molar refractivity (Wildman–Crippen MR) is 109 cm³/mol. The average Bonchev–Trinajstić information content (AvgIpc) is 2.95. The summed E-state index contributed by atoms with van der Waals surface area (Å²) in [6.07, 6.45) is 3.28. The Labute approximate surface area is 158 Å². The first-order valence-electron chi connectivity index (χ1n) is 8.73. The van der Waals surface area contributed by atoms with Crippen molar-refractivity contribution in [2.24, 2.45) is 0 Å². The van der Waals surface area contributed by atoms with E-state index in [4.69, 9.17) is 5.73 Å². The van der Waals surface area contributed by atoms with Crippen LogP contribution in [-0.4, -0.2) is 11.1 Å². The van der Waals surface area contributed by atoms with Crippen LogP contribution in [0.2, 0.25) is 0 Å². The van der Waals surface area contributed by atoms with Crippen LogP contribution in [0.5, 0.6) is 0 Å². The molecular weight excluding hydrogens is 344 g/mol. The maximum atomic E-state index is 12.9. The van der Waals surface area contributed by atoms with Crippen molar-refractivity contribution in [2.75, 3.05) is 10.6 Å². The van der Waals surface area contributed by atoms with Crippen LogP contribution < -0.4 is 10.6 Å². The zero-order valence-electron chi connectivity index (χ0n) is 15.0. The van der Waals surface area contributed by atoms with Gasteiger partial charge in [0, 0.05) is 5.69 Å². The molecule has 0 bridgehead atoms. The largest absolute Gasteiger partial charge is 0.399 e. The number of nitrogens with two attached hydrogens (primary N) is 1. The second-order valence-corrected chi connectivity index (χ2v) is 7.32. The van der Waals surface area contributed by atoms with Crippen LogP contribution in [0.4, 0.5) is 16.2 Å². The third-order valence-corrected chi connectivity index (χ3v) is 5.51. The maximum Gasteiger partial charge on any atom is 0.298 e. The number of benzene rings is 2. The summed E-state index contributed by atoms with van der Waals surface area (Å²) in [5, 5.41) is -0.263. The molecule has 0 atom stereocenters. The van der Waals surface area contributed by atoms with Crippen LogP contribution >= 0.6 is 11.8 Å². The van der Waals surface area contributed by atoms with Gasteiger partial charge in [-0.3, -0.25) is 9.59 Å². The van der Waals surface area contributed by atoms with Crippen molar-refractivity contribution in [3.8, 4) is 0 Å². The molecule has 1 saturated heterocycles. The molecule has 0 unspecified atom stereocenters. The number of nitrogen functional groups attached to an aromatic ring is 1. The molecule has 5 heteroatoms. The quantitative estimate of drug-likeness (QED) is 0.580. The van der Waals surface area contributed by atoms with E-state index >= 15 is 0 Å². The summed E-state index contributed by atoms with van der Waals surface area (Å²) in [5.41, 5.74) is 9.90. The SMILES string of the molecule is CCCCc1ccc(N2C(=O)S/C(=C(/C)c3ccc(N)cc3)C2=O)cc1. The number of nitrogens with zero attached hydrogens (tertiary/aromatic N) is 1. The minimum Gasteiger partial charge on any atom is -0.399 e. The van der Waals surface area contributed by atoms with Crippen molar-refractivity contribution in [1.82, 2.24) is 0 Å². The lowest BCUT2D eigenvalue weighted by molar-refractivity contribution is -0.113. The van der Waals surface area contributed by atoms with Crippen molar-refractivity contribution < 1.29 is 9.59 Å². The standard InChI is InChI=1S/C21H22N2O2S/c1-3-4-5-15-6-12-18(13-7-15)23-20(24)19(26-21(23)25)14(2)16-8-10-17(22)11-9-16/h6-13H,3-5,22H2,1-2H3/b19-14-. The monoisotopic (exact) mass is 366 g/mol. The molecule has 4 nitrogen and oxygen atoms in total. The van der Waals surface area contributed by atoms with Gasteiger partial charge < -0.3 is 5.73 Å². The topological polar surface area (TPSA) is 63.4 Å². The van der Waals surface area contributed by atoms with Crippen molar-refractivity contribution in [3.63, 3.8) is 0 Å². The highest BCUT2D eigenvalue weighted by atomic mass is 32.2. The Bertz CT molecular complexity index is 855. The third kappa shape index (κ3) is 3.68. The first-order chi connectivity index (χ1) is 12.5. The molecule has 1 fully saturated rings.